The Hall–Kier alpha value is -4.29. The Morgan fingerprint density at radius 1 is 0.971 bits per heavy atom. The highest BCUT2D eigenvalue weighted by Crippen LogP contribution is 2.40. The maximum atomic E-state index is 13.8. The summed E-state index contributed by atoms with van der Waals surface area (Å²) < 4.78 is 3.24. The first kappa shape index (κ1) is 20.3. The molecule has 1 aliphatic rings. The van der Waals surface area contributed by atoms with Crippen molar-refractivity contribution in [3.63, 3.8) is 0 Å². The van der Waals surface area contributed by atoms with Gasteiger partial charge in [-0.1, -0.05) is 48.0 Å². The maximum Gasteiger partial charge on any atom is 0.279 e. The van der Waals surface area contributed by atoms with Crippen LogP contribution >= 0.6 is 0 Å². The standard InChI is InChI=1S/C28H22N4O2/c1-18-14-24-26(19-6-3-2-4-7-19)27(22-11-13-31(16-22)17-33)30-32(24)28(34)25(18)21-9-10-23-20(15-21)8-5-12-29-23/h2-13,15-16,33H,14,17H2,1H3. The fraction of sp³-hybridized carbons (Fsp3) is 0.107. The van der Waals surface area contributed by atoms with Gasteiger partial charge in [-0.05, 0) is 42.3 Å². The van der Waals surface area contributed by atoms with Gasteiger partial charge in [0.1, 0.15) is 12.4 Å². The lowest BCUT2D eigenvalue weighted by atomic mass is 9.90. The zero-order valence-corrected chi connectivity index (χ0v) is 18.6. The number of rotatable bonds is 4. The second-order valence-corrected chi connectivity index (χ2v) is 8.55. The van der Waals surface area contributed by atoms with Crippen molar-refractivity contribution < 1.29 is 9.90 Å². The minimum atomic E-state index is -0.132. The molecule has 4 heterocycles. The van der Waals surface area contributed by atoms with Gasteiger partial charge in [-0.3, -0.25) is 9.78 Å². The number of benzene rings is 2. The predicted molar refractivity (Wildman–Crippen MR) is 132 cm³/mol. The molecule has 0 aliphatic carbocycles. The second-order valence-electron chi connectivity index (χ2n) is 8.55. The van der Waals surface area contributed by atoms with E-state index in [4.69, 9.17) is 5.10 Å². The number of allylic oxidation sites excluding steroid dienone is 2. The van der Waals surface area contributed by atoms with Gasteiger partial charge in [0.05, 0.1) is 11.2 Å². The van der Waals surface area contributed by atoms with E-state index in [1.54, 1.807) is 15.4 Å². The van der Waals surface area contributed by atoms with Crippen molar-refractivity contribution in [1.29, 1.82) is 0 Å². The van der Waals surface area contributed by atoms with Gasteiger partial charge < -0.3 is 9.67 Å². The van der Waals surface area contributed by atoms with Crippen LogP contribution in [-0.4, -0.2) is 30.3 Å². The molecule has 6 heteroatoms. The highest BCUT2D eigenvalue weighted by Gasteiger charge is 2.31. The van der Waals surface area contributed by atoms with Crippen molar-refractivity contribution in [3.8, 4) is 22.4 Å². The first-order chi connectivity index (χ1) is 16.6. The minimum Gasteiger partial charge on any atom is -0.376 e. The Labute approximate surface area is 196 Å². The van der Waals surface area contributed by atoms with Gasteiger partial charge in [-0.15, -0.1) is 0 Å². The maximum absolute atomic E-state index is 13.8. The molecule has 0 amide bonds. The van der Waals surface area contributed by atoms with Crippen molar-refractivity contribution in [1.82, 2.24) is 19.3 Å². The number of carbonyl (C=O) groups is 1. The van der Waals surface area contributed by atoms with Gasteiger partial charge in [-0.2, -0.15) is 9.78 Å². The Morgan fingerprint density at radius 2 is 1.82 bits per heavy atom. The van der Waals surface area contributed by atoms with E-state index in [1.165, 1.54) is 0 Å². The van der Waals surface area contributed by atoms with Crippen LogP contribution in [0.25, 0.3) is 38.9 Å². The number of pyridine rings is 1. The smallest absolute Gasteiger partial charge is 0.279 e. The molecule has 0 atom stereocenters. The normalized spacial score (nSPS) is 13.5. The molecule has 5 aromatic rings. The Bertz CT molecular complexity index is 1590. The van der Waals surface area contributed by atoms with Crippen molar-refractivity contribution in [2.24, 2.45) is 0 Å². The van der Waals surface area contributed by atoms with Crippen molar-refractivity contribution in [3.05, 3.63) is 102 Å². The van der Waals surface area contributed by atoms with Crippen molar-refractivity contribution >= 4 is 22.4 Å². The molecule has 0 bridgehead atoms. The number of aromatic nitrogens is 4. The van der Waals surface area contributed by atoms with E-state index in [9.17, 15) is 9.90 Å². The van der Waals surface area contributed by atoms with Gasteiger partial charge in [0.15, 0.2) is 0 Å². The molecule has 0 fully saturated rings. The first-order valence-electron chi connectivity index (χ1n) is 11.2. The second kappa shape index (κ2) is 7.93. The number of carbonyl (C=O) groups excluding carboxylic acids is 1. The van der Waals surface area contributed by atoms with E-state index >= 15 is 0 Å². The number of hydrogen-bond donors (Lipinski definition) is 1. The molecule has 3 aromatic heterocycles. The number of fused-ring (bicyclic) bond motifs is 2. The van der Waals surface area contributed by atoms with Crippen molar-refractivity contribution in [2.75, 3.05) is 0 Å². The largest absolute Gasteiger partial charge is 0.376 e. The molecule has 6 rings (SSSR count). The molecule has 1 N–H and O–H groups in total. The molecule has 0 spiro atoms. The topological polar surface area (TPSA) is 72.9 Å². The van der Waals surface area contributed by atoms with E-state index in [0.717, 1.165) is 50.1 Å². The summed E-state index contributed by atoms with van der Waals surface area (Å²) >= 11 is 0. The number of aliphatic hydroxyl groups is 1. The Morgan fingerprint density at radius 3 is 2.62 bits per heavy atom. The molecule has 0 radical (unpaired) electrons. The molecule has 0 saturated carbocycles. The fourth-order valence-corrected chi connectivity index (χ4v) is 4.79. The van der Waals surface area contributed by atoms with Gasteiger partial charge in [0.25, 0.3) is 5.91 Å². The van der Waals surface area contributed by atoms with E-state index in [2.05, 4.69) is 4.98 Å². The number of hydrogen-bond acceptors (Lipinski definition) is 4. The van der Waals surface area contributed by atoms with Gasteiger partial charge in [0.2, 0.25) is 0 Å². The minimum absolute atomic E-state index is 0.116. The zero-order chi connectivity index (χ0) is 23.2. The van der Waals surface area contributed by atoms with E-state index in [-0.39, 0.29) is 12.6 Å². The zero-order valence-electron chi connectivity index (χ0n) is 18.6. The first-order valence-corrected chi connectivity index (χ1v) is 11.2. The van der Waals surface area contributed by atoms with Crippen LogP contribution in [0.15, 0.2) is 90.9 Å². The van der Waals surface area contributed by atoms with Gasteiger partial charge >= 0.3 is 0 Å². The molecule has 6 nitrogen and oxygen atoms in total. The molecule has 166 valence electrons. The third-order valence-electron chi connectivity index (χ3n) is 6.39. The van der Waals surface area contributed by atoms with Crippen LogP contribution in [0.1, 0.15) is 23.0 Å². The summed E-state index contributed by atoms with van der Waals surface area (Å²) in [4.78, 5) is 18.2. The third kappa shape index (κ3) is 3.19. The van der Waals surface area contributed by atoms with Crippen LogP contribution < -0.4 is 0 Å². The molecular formula is C28H22N4O2. The monoisotopic (exact) mass is 446 g/mol. The Kier molecular flexibility index (Phi) is 4.74. The van der Waals surface area contributed by atoms with Crippen LogP contribution in [0.4, 0.5) is 0 Å². The highest BCUT2D eigenvalue weighted by atomic mass is 16.3. The lowest BCUT2D eigenvalue weighted by Gasteiger charge is -2.20. The third-order valence-corrected chi connectivity index (χ3v) is 6.39. The lowest BCUT2D eigenvalue weighted by Crippen LogP contribution is -2.23. The number of nitrogens with zero attached hydrogens (tertiary/aromatic N) is 4. The SMILES string of the molecule is CC1=C(c2ccc3ncccc3c2)C(=O)n2nc(-c3ccn(CO)c3)c(-c3ccccc3)c2C1. The summed E-state index contributed by atoms with van der Waals surface area (Å²) in [6.45, 7) is 1.91. The summed E-state index contributed by atoms with van der Waals surface area (Å²) in [5.74, 6) is -0.132. The summed E-state index contributed by atoms with van der Waals surface area (Å²) in [6, 6.07) is 21.8. The average Bonchev–Trinajstić information content (AvgIpc) is 3.49. The highest BCUT2D eigenvalue weighted by molar-refractivity contribution is 6.23. The molecule has 1 aliphatic heterocycles. The van der Waals surface area contributed by atoms with Crippen LogP contribution in [0, 0.1) is 0 Å². The molecular weight excluding hydrogens is 424 g/mol. The molecule has 0 saturated heterocycles. The molecule has 2 aromatic carbocycles. The molecule has 0 unspecified atom stereocenters. The summed E-state index contributed by atoms with van der Waals surface area (Å²) in [6.07, 6.45) is 6.04. The molecule has 34 heavy (non-hydrogen) atoms. The van der Waals surface area contributed by atoms with E-state index in [1.807, 2.05) is 86.0 Å². The van der Waals surface area contributed by atoms with Crippen LogP contribution in [0.2, 0.25) is 0 Å². The quantitative estimate of drug-likeness (QED) is 0.413. The predicted octanol–water partition coefficient (Wildman–Crippen LogP) is 5.19. The van der Waals surface area contributed by atoms with Crippen LogP contribution in [0.5, 0.6) is 0 Å². The van der Waals surface area contributed by atoms with Crippen LogP contribution in [-0.2, 0) is 13.2 Å². The number of aliphatic hydroxyl groups excluding tert-OH is 1. The average molecular weight is 447 g/mol. The van der Waals surface area contributed by atoms with Crippen molar-refractivity contribution in [2.45, 2.75) is 20.1 Å². The summed E-state index contributed by atoms with van der Waals surface area (Å²) in [7, 11) is 0. The summed E-state index contributed by atoms with van der Waals surface area (Å²) in [5.41, 5.74) is 7.90. The van der Waals surface area contributed by atoms with Gasteiger partial charge in [-0.25, -0.2) is 0 Å². The lowest BCUT2D eigenvalue weighted by molar-refractivity contribution is 0.0958. The van der Waals surface area contributed by atoms with E-state index < -0.39 is 0 Å². The summed E-state index contributed by atoms with van der Waals surface area (Å²) in [5, 5.41) is 15.4. The Balaban J connectivity index is 1.53. The van der Waals surface area contributed by atoms with Gasteiger partial charge in [0, 0.05) is 47.1 Å². The van der Waals surface area contributed by atoms with Crippen LogP contribution in [0.3, 0.4) is 0 Å². The fourth-order valence-electron chi connectivity index (χ4n) is 4.79. The van der Waals surface area contributed by atoms with E-state index in [0.29, 0.717) is 12.0 Å².